The van der Waals surface area contributed by atoms with Gasteiger partial charge < -0.3 is 14.9 Å². The van der Waals surface area contributed by atoms with Crippen molar-refractivity contribution >= 4 is 74.8 Å². The quantitative estimate of drug-likeness (QED) is 0.115. The molecule has 0 spiro atoms. The SMILES string of the molecule is Cc1ccc(-c2ccc3ccccc3c2)c2cc(CC3CCCCC3)[cH-]c12.Cc1ccc(-c2ccc3ccccc3c2)c2cc(CC3CCCCC3)[cH-]c12.Cl.Cl.[CH3-].[CH3-].[Si]=[Zr]. The van der Waals surface area contributed by atoms with Crippen molar-refractivity contribution in [2.24, 2.45) is 11.8 Å². The van der Waals surface area contributed by atoms with Crippen LogP contribution in [0.25, 0.3) is 65.3 Å². The zero-order chi connectivity index (χ0) is 38.4. The number of benzene rings is 6. The summed E-state index contributed by atoms with van der Waals surface area (Å²) < 4.78 is 0. The van der Waals surface area contributed by atoms with Gasteiger partial charge in [0.2, 0.25) is 0 Å². The molecule has 312 valence electrons. The second-order valence-corrected chi connectivity index (χ2v) is 16.8. The Morgan fingerprint density at radius 2 is 0.833 bits per heavy atom. The van der Waals surface area contributed by atoms with Crippen LogP contribution in [0, 0.1) is 40.5 Å². The first-order valence-electron chi connectivity index (χ1n) is 21.2. The summed E-state index contributed by atoms with van der Waals surface area (Å²) in [5.41, 5.74) is 11.3. The molecule has 0 nitrogen and oxygen atoms in total. The van der Waals surface area contributed by atoms with Crippen molar-refractivity contribution in [3.8, 4) is 22.3 Å². The molecule has 2 aliphatic carbocycles. The van der Waals surface area contributed by atoms with E-state index in [1.807, 2.05) is 0 Å². The molecular weight excluding hydrogens is 863 g/mol. The van der Waals surface area contributed by atoms with Crippen LogP contribution in [0.5, 0.6) is 0 Å². The molecule has 10 rings (SSSR count). The third-order valence-corrected chi connectivity index (χ3v) is 12.9. The van der Waals surface area contributed by atoms with Crippen molar-refractivity contribution < 1.29 is 23.3 Å². The number of hydrogen-bond donors (Lipinski definition) is 0. The molecule has 4 heteroatoms. The van der Waals surface area contributed by atoms with Crippen molar-refractivity contribution in [3.63, 3.8) is 0 Å². The Morgan fingerprint density at radius 3 is 1.22 bits per heavy atom. The fraction of sp³-hybridized carbons (Fsp3) is 0.286. The molecule has 0 bridgehead atoms. The van der Waals surface area contributed by atoms with E-state index in [4.69, 9.17) is 0 Å². The normalized spacial score (nSPS) is 14.1. The summed E-state index contributed by atoms with van der Waals surface area (Å²) in [7, 11) is 0. The Bertz CT molecular complexity index is 2400. The monoisotopic (exact) mass is 922 g/mol. The van der Waals surface area contributed by atoms with Gasteiger partial charge in [0.05, 0.1) is 0 Å². The van der Waals surface area contributed by atoms with Gasteiger partial charge in [-0.05, 0) is 69.5 Å². The van der Waals surface area contributed by atoms with E-state index in [-0.39, 0.29) is 39.7 Å². The summed E-state index contributed by atoms with van der Waals surface area (Å²) >= 11 is 1.36. The molecule has 2 radical (unpaired) electrons. The molecule has 2 saturated carbocycles. The summed E-state index contributed by atoms with van der Waals surface area (Å²) in [6.45, 7) is 7.56. The molecule has 0 aliphatic heterocycles. The van der Waals surface area contributed by atoms with Crippen molar-refractivity contribution in [1.82, 2.24) is 0 Å². The number of hydrogen-bond acceptors (Lipinski definition) is 0. The van der Waals surface area contributed by atoms with E-state index in [1.54, 1.807) is 0 Å². The average molecular weight is 925 g/mol. The molecule has 8 aromatic rings. The molecule has 0 saturated heterocycles. The molecule has 60 heavy (non-hydrogen) atoms. The molecule has 0 amide bonds. The molecule has 0 atom stereocenters. The van der Waals surface area contributed by atoms with Gasteiger partial charge in [0.25, 0.3) is 0 Å². The van der Waals surface area contributed by atoms with E-state index in [0.29, 0.717) is 0 Å². The minimum atomic E-state index is 0. The van der Waals surface area contributed by atoms with Crippen molar-refractivity contribution in [2.75, 3.05) is 0 Å². The maximum absolute atomic E-state index is 3.06. The number of aryl methyl sites for hydroxylation is 2. The summed E-state index contributed by atoms with van der Waals surface area (Å²) in [4.78, 5) is 0. The standard InChI is InChI=1S/2C27H27.2CH3.2ClH.Si.Zr/c2*1-19-11-14-25(24-13-12-22-9-5-6-10-23(22)18-24)27-17-21(16-26(19)27)15-20-7-3-2-4-8-20;;;;;;/h2*5-6,9-14,16-18,20H,2-4,7-8,15H2,1H3;2*1H3;2*1H;;/q4*-1;;;;. The molecule has 0 N–H and O–H groups in total. The van der Waals surface area contributed by atoms with Gasteiger partial charge in [0, 0.05) is 0 Å². The predicted octanol–water partition coefficient (Wildman–Crippen LogP) is 17.0. The van der Waals surface area contributed by atoms with Crippen LogP contribution in [0.4, 0.5) is 0 Å². The molecule has 8 aromatic carbocycles. The molecule has 0 aromatic heterocycles. The predicted molar refractivity (Wildman–Crippen MR) is 268 cm³/mol. The van der Waals surface area contributed by atoms with E-state index >= 15 is 0 Å². The first-order chi connectivity index (χ1) is 27.6. The number of fused-ring (bicyclic) bond motifs is 4. The van der Waals surface area contributed by atoms with E-state index in [0.717, 1.165) is 11.8 Å². The molecule has 0 heterocycles. The third-order valence-electron chi connectivity index (χ3n) is 12.9. The van der Waals surface area contributed by atoms with Crippen molar-refractivity contribution in [3.05, 3.63) is 171 Å². The zero-order valence-electron chi connectivity index (χ0n) is 36.2. The van der Waals surface area contributed by atoms with Gasteiger partial charge >= 0.3 is 30.2 Å². The van der Waals surface area contributed by atoms with Gasteiger partial charge in [0.15, 0.2) is 0 Å². The zero-order valence-corrected chi connectivity index (χ0v) is 41.2. The number of rotatable bonds is 6. The minimum absolute atomic E-state index is 0. The van der Waals surface area contributed by atoms with E-state index < -0.39 is 0 Å². The first kappa shape index (κ1) is 49.4. The first-order valence-corrected chi connectivity index (χ1v) is 25.4. The second-order valence-electron chi connectivity index (χ2n) is 16.8. The van der Waals surface area contributed by atoms with Crippen LogP contribution in [0.15, 0.2) is 133 Å². The van der Waals surface area contributed by atoms with Gasteiger partial charge in [-0.25, -0.2) is 0 Å². The fourth-order valence-electron chi connectivity index (χ4n) is 9.91. The third kappa shape index (κ3) is 11.2. The van der Waals surface area contributed by atoms with Gasteiger partial charge in [-0.15, -0.1) is 92.9 Å². The molecular formula is C56H62Cl2SiZr-4. The van der Waals surface area contributed by atoms with E-state index in [1.165, 1.54) is 188 Å². The van der Waals surface area contributed by atoms with Crippen LogP contribution in [-0.4, -0.2) is 6.88 Å². The van der Waals surface area contributed by atoms with Crippen LogP contribution >= 0.6 is 24.8 Å². The molecule has 0 unspecified atom stereocenters. The van der Waals surface area contributed by atoms with Crippen LogP contribution in [-0.2, 0) is 36.2 Å². The summed E-state index contributed by atoms with van der Waals surface area (Å²) in [6, 6.07) is 50.1. The fourth-order valence-corrected chi connectivity index (χ4v) is 9.91. The Hall–Kier alpha value is -3.26. The van der Waals surface area contributed by atoms with Gasteiger partial charge in [-0.2, -0.15) is 12.1 Å². The van der Waals surface area contributed by atoms with Gasteiger partial charge in [-0.3, -0.25) is 0 Å². The van der Waals surface area contributed by atoms with Crippen LogP contribution in [0.2, 0.25) is 0 Å². The summed E-state index contributed by atoms with van der Waals surface area (Å²) in [5.74, 6) is 1.78. The van der Waals surface area contributed by atoms with Crippen molar-refractivity contribution in [1.29, 1.82) is 0 Å². The Labute approximate surface area is 390 Å². The summed E-state index contributed by atoms with van der Waals surface area (Å²) in [5, 5.41) is 11.0. The van der Waals surface area contributed by atoms with Crippen LogP contribution < -0.4 is 0 Å². The van der Waals surface area contributed by atoms with E-state index in [9.17, 15) is 0 Å². The van der Waals surface area contributed by atoms with Crippen LogP contribution in [0.3, 0.4) is 0 Å². The van der Waals surface area contributed by atoms with Crippen LogP contribution in [0.1, 0.15) is 86.5 Å². The number of halogens is 2. The van der Waals surface area contributed by atoms with Crippen molar-refractivity contribution in [2.45, 2.75) is 90.9 Å². The van der Waals surface area contributed by atoms with E-state index in [2.05, 4.69) is 154 Å². The van der Waals surface area contributed by atoms with Gasteiger partial charge in [0.1, 0.15) is 0 Å². The average Bonchev–Trinajstić information content (AvgIpc) is 3.88. The topological polar surface area (TPSA) is 0 Å². The maximum atomic E-state index is 3.06. The Kier molecular flexibility index (Phi) is 19.1. The Balaban J connectivity index is 0.000000239. The summed E-state index contributed by atoms with van der Waals surface area (Å²) in [6.07, 6.45) is 16.7. The Morgan fingerprint density at radius 1 is 0.467 bits per heavy atom. The second kappa shape index (κ2) is 23.3. The molecule has 2 fully saturated rings. The van der Waals surface area contributed by atoms with Gasteiger partial charge in [-0.1, -0.05) is 174 Å². The molecule has 2 aliphatic rings.